The van der Waals surface area contributed by atoms with Crippen LogP contribution in [0.2, 0.25) is 0 Å². The molecule has 2 aromatic carbocycles. The number of hydrogen-bond donors (Lipinski definition) is 1. The Morgan fingerprint density at radius 2 is 1.89 bits per heavy atom. The van der Waals surface area contributed by atoms with E-state index in [1.165, 1.54) is 16.8 Å². The zero-order chi connectivity index (χ0) is 25.6. The lowest BCUT2D eigenvalue weighted by Crippen LogP contribution is -2.47. The number of amides is 1. The summed E-state index contributed by atoms with van der Waals surface area (Å²) in [5, 5.41) is 13.7. The molecule has 0 unspecified atom stereocenters. The molecule has 3 heterocycles. The molecule has 0 saturated heterocycles. The highest BCUT2D eigenvalue weighted by atomic mass is 19.4. The molecular weight excluding hydrogens is 486 g/mol. The first kappa shape index (κ1) is 23.7. The molecule has 1 N–H and O–H groups in total. The van der Waals surface area contributed by atoms with Gasteiger partial charge in [0.1, 0.15) is 18.6 Å². The van der Waals surface area contributed by atoms with Gasteiger partial charge in [-0.25, -0.2) is 4.39 Å². The number of rotatable bonds is 5. The molecule has 9 nitrogen and oxygen atoms in total. The van der Waals surface area contributed by atoms with E-state index in [0.717, 1.165) is 23.3 Å². The largest absolute Gasteiger partial charge is 0.444 e. The predicted molar refractivity (Wildman–Crippen MR) is 117 cm³/mol. The Balaban J connectivity index is 1.20. The Labute approximate surface area is 201 Å². The highest BCUT2D eigenvalue weighted by Gasteiger charge is 2.34. The number of halogens is 4. The van der Waals surface area contributed by atoms with Crippen molar-refractivity contribution in [1.82, 2.24) is 19.8 Å². The third-order valence-corrected chi connectivity index (χ3v) is 6.08. The summed E-state index contributed by atoms with van der Waals surface area (Å²) < 4.78 is 59.4. The molecule has 0 fully saturated rings. The molecule has 0 saturated carbocycles. The van der Waals surface area contributed by atoms with Crippen molar-refractivity contribution in [3.05, 3.63) is 75.2 Å². The van der Waals surface area contributed by atoms with Crippen LogP contribution < -0.4 is 10.1 Å². The number of ether oxygens (including phenoxy) is 1. The number of fused-ring (bicyclic) bond motifs is 2. The summed E-state index contributed by atoms with van der Waals surface area (Å²) in [5.41, 5.74) is 1.47. The van der Waals surface area contributed by atoms with Crippen LogP contribution in [0, 0.1) is 15.9 Å². The standard InChI is InChI=1S/C23H19F4N5O4/c24-19-6-14(3-4-18(19)23(25,26)27)13-1-2-15-7-30(8-16(15)5-13)11-21(33)28-17-9-31-10-20(32(34)35)29-22(31)36-12-17/h1-6,10,17H,7-9,11-12H2,(H,28,33)/t17-/m0/s1. The molecule has 0 radical (unpaired) electrons. The van der Waals surface area contributed by atoms with Crippen LogP contribution in [-0.4, -0.2) is 44.5 Å². The maximum absolute atomic E-state index is 14.0. The van der Waals surface area contributed by atoms with E-state index in [9.17, 15) is 32.5 Å². The third-order valence-electron chi connectivity index (χ3n) is 6.08. The molecule has 36 heavy (non-hydrogen) atoms. The number of nitro groups is 1. The number of nitrogens with one attached hydrogen (secondary N) is 1. The van der Waals surface area contributed by atoms with Crippen molar-refractivity contribution in [2.45, 2.75) is 31.9 Å². The van der Waals surface area contributed by atoms with E-state index in [1.807, 2.05) is 11.0 Å². The van der Waals surface area contributed by atoms with E-state index in [0.29, 0.717) is 24.2 Å². The number of imidazole rings is 1. The Hall–Kier alpha value is -4.00. The van der Waals surface area contributed by atoms with Gasteiger partial charge in [0.2, 0.25) is 5.91 Å². The van der Waals surface area contributed by atoms with Crippen molar-refractivity contribution in [3.63, 3.8) is 0 Å². The Bertz CT molecular complexity index is 1360. The van der Waals surface area contributed by atoms with Crippen LogP contribution in [0.15, 0.2) is 42.6 Å². The normalized spacial score (nSPS) is 17.3. The highest BCUT2D eigenvalue weighted by Crippen LogP contribution is 2.34. The lowest BCUT2D eigenvalue weighted by Gasteiger charge is -2.24. The quantitative estimate of drug-likeness (QED) is 0.324. The maximum atomic E-state index is 14.0. The molecule has 0 bridgehead atoms. The molecule has 3 aromatic rings. The minimum Gasteiger partial charge on any atom is -0.444 e. The minimum atomic E-state index is -4.76. The second-order valence-corrected chi connectivity index (χ2v) is 8.69. The summed E-state index contributed by atoms with van der Waals surface area (Å²) in [6.07, 6.45) is -3.50. The average Bonchev–Trinajstić information content (AvgIpc) is 3.40. The smallest absolute Gasteiger partial charge is 0.419 e. The minimum absolute atomic E-state index is 0.0896. The number of hydrogen-bond acceptors (Lipinski definition) is 6. The molecule has 5 rings (SSSR count). The van der Waals surface area contributed by atoms with Gasteiger partial charge in [-0.1, -0.05) is 18.2 Å². The van der Waals surface area contributed by atoms with Crippen molar-refractivity contribution < 1.29 is 32.0 Å². The first-order valence-corrected chi connectivity index (χ1v) is 10.9. The monoisotopic (exact) mass is 505 g/mol. The Morgan fingerprint density at radius 1 is 1.17 bits per heavy atom. The molecule has 1 aromatic heterocycles. The number of aromatic nitrogens is 2. The second kappa shape index (κ2) is 8.90. The van der Waals surface area contributed by atoms with Crippen LogP contribution in [0.4, 0.5) is 23.4 Å². The van der Waals surface area contributed by atoms with E-state index in [2.05, 4.69) is 10.3 Å². The van der Waals surface area contributed by atoms with Crippen LogP contribution in [-0.2, 0) is 30.6 Å². The van der Waals surface area contributed by atoms with Gasteiger partial charge in [-0.15, -0.1) is 0 Å². The van der Waals surface area contributed by atoms with E-state index in [4.69, 9.17) is 4.74 Å². The van der Waals surface area contributed by atoms with Crippen LogP contribution >= 0.6 is 0 Å². The van der Waals surface area contributed by atoms with E-state index >= 15 is 0 Å². The molecule has 188 valence electrons. The molecule has 1 atom stereocenters. The summed E-state index contributed by atoms with van der Waals surface area (Å²) >= 11 is 0. The zero-order valence-corrected chi connectivity index (χ0v) is 18.6. The molecule has 2 aliphatic heterocycles. The average molecular weight is 505 g/mol. The van der Waals surface area contributed by atoms with Crippen LogP contribution in [0.5, 0.6) is 6.01 Å². The van der Waals surface area contributed by atoms with Crippen LogP contribution in [0.3, 0.4) is 0 Å². The van der Waals surface area contributed by atoms with Gasteiger partial charge in [0, 0.05) is 18.1 Å². The molecule has 0 aliphatic carbocycles. The number of alkyl halides is 3. The van der Waals surface area contributed by atoms with Gasteiger partial charge in [0.15, 0.2) is 0 Å². The predicted octanol–water partition coefficient (Wildman–Crippen LogP) is 3.51. The van der Waals surface area contributed by atoms with E-state index in [1.54, 1.807) is 12.1 Å². The fraction of sp³-hybridized carbons (Fsp3) is 0.304. The van der Waals surface area contributed by atoms with E-state index in [-0.39, 0.29) is 43.5 Å². The van der Waals surface area contributed by atoms with Gasteiger partial charge in [-0.05, 0) is 45.4 Å². The fourth-order valence-corrected chi connectivity index (χ4v) is 4.43. The summed E-state index contributed by atoms with van der Waals surface area (Å²) in [6.45, 7) is 1.46. The van der Waals surface area contributed by atoms with Gasteiger partial charge in [-0.3, -0.25) is 14.3 Å². The number of nitrogens with zero attached hydrogens (tertiary/aromatic N) is 4. The van der Waals surface area contributed by atoms with E-state index < -0.39 is 22.5 Å². The Kier molecular flexibility index (Phi) is 5.86. The molecule has 2 aliphatic rings. The topological polar surface area (TPSA) is 103 Å². The first-order chi connectivity index (χ1) is 17.1. The summed E-state index contributed by atoms with van der Waals surface area (Å²) in [6, 6.07) is 7.91. The van der Waals surface area contributed by atoms with Crippen molar-refractivity contribution >= 4 is 11.7 Å². The molecule has 13 heteroatoms. The van der Waals surface area contributed by atoms with Gasteiger partial charge >= 0.3 is 18.0 Å². The van der Waals surface area contributed by atoms with Crippen LogP contribution in [0.25, 0.3) is 11.1 Å². The lowest BCUT2D eigenvalue weighted by molar-refractivity contribution is -0.389. The Morgan fingerprint density at radius 3 is 2.61 bits per heavy atom. The number of benzene rings is 2. The van der Waals surface area contributed by atoms with Gasteiger partial charge in [0.25, 0.3) is 0 Å². The summed E-state index contributed by atoms with van der Waals surface area (Å²) in [4.78, 5) is 28.5. The fourth-order valence-electron chi connectivity index (χ4n) is 4.43. The SMILES string of the molecule is O=C(CN1Cc2ccc(-c3ccc(C(F)(F)F)c(F)c3)cc2C1)N[C@@H]1COc2nc([N+](=O)[O-])cn2C1. The second-order valence-electron chi connectivity index (χ2n) is 8.69. The highest BCUT2D eigenvalue weighted by molar-refractivity contribution is 5.78. The third kappa shape index (κ3) is 4.73. The van der Waals surface area contributed by atoms with Gasteiger partial charge in [-0.2, -0.15) is 13.2 Å². The van der Waals surface area contributed by atoms with Crippen molar-refractivity contribution in [1.29, 1.82) is 0 Å². The van der Waals surface area contributed by atoms with Gasteiger partial charge < -0.3 is 20.2 Å². The first-order valence-electron chi connectivity index (χ1n) is 10.9. The van der Waals surface area contributed by atoms with Crippen molar-refractivity contribution in [3.8, 4) is 17.1 Å². The van der Waals surface area contributed by atoms with Crippen molar-refractivity contribution in [2.24, 2.45) is 0 Å². The summed E-state index contributed by atoms with van der Waals surface area (Å²) in [5.74, 6) is -1.91. The molecule has 1 amide bonds. The maximum Gasteiger partial charge on any atom is 0.419 e. The van der Waals surface area contributed by atoms with Crippen LogP contribution in [0.1, 0.15) is 16.7 Å². The molecule has 0 spiro atoms. The number of carbonyl (C=O) groups excluding carboxylic acids is 1. The summed E-state index contributed by atoms with van der Waals surface area (Å²) in [7, 11) is 0. The van der Waals surface area contributed by atoms with Crippen molar-refractivity contribution in [2.75, 3.05) is 13.2 Å². The van der Waals surface area contributed by atoms with Gasteiger partial charge in [0.05, 0.1) is 24.7 Å². The number of carbonyl (C=O) groups is 1. The zero-order valence-electron chi connectivity index (χ0n) is 18.6. The lowest BCUT2D eigenvalue weighted by atomic mass is 9.99. The molecular formula is C23H19F4N5O4.